The molecule has 0 bridgehead atoms. The Morgan fingerprint density at radius 1 is 1.32 bits per heavy atom. The highest BCUT2D eigenvalue weighted by Crippen LogP contribution is 2.27. The van der Waals surface area contributed by atoms with Gasteiger partial charge in [0.05, 0.1) is 5.56 Å². The van der Waals surface area contributed by atoms with Crippen LogP contribution in [0.5, 0.6) is 11.6 Å². The van der Waals surface area contributed by atoms with E-state index in [0.29, 0.717) is 16.7 Å². The van der Waals surface area contributed by atoms with Crippen LogP contribution in [0.2, 0.25) is 5.02 Å². The number of halogens is 1. The lowest BCUT2D eigenvalue weighted by Gasteiger charge is -2.11. The van der Waals surface area contributed by atoms with Gasteiger partial charge in [0.2, 0.25) is 5.88 Å². The van der Waals surface area contributed by atoms with Crippen LogP contribution in [-0.4, -0.2) is 16.5 Å². The van der Waals surface area contributed by atoms with Gasteiger partial charge in [0.25, 0.3) is 0 Å². The van der Waals surface area contributed by atoms with Crippen molar-refractivity contribution >= 4 is 17.4 Å². The van der Waals surface area contributed by atoms with Crippen molar-refractivity contribution < 1.29 is 4.74 Å². The van der Waals surface area contributed by atoms with Crippen LogP contribution in [0.25, 0.3) is 0 Å². The van der Waals surface area contributed by atoms with Crippen LogP contribution in [-0.2, 0) is 0 Å². The van der Waals surface area contributed by atoms with Gasteiger partial charge in [0, 0.05) is 11.6 Å². The number of nitrogens with one attached hydrogen (secondary N) is 1. The molecule has 1 aromatic carbocycles. The normalized spacial score (nSPS) is 10.3. The van der Waals surface area contributed by atoms with Crippen molar-refractivity contribution in [1.29, 1.82) is 0 Å². The Bertz CT molecular complexity index is 560. The molecule has 1 N–H and O–H groups in total. The van der Waals surface area contributed by atoms with E-state index in [1.807, 2.05) is 19.1 Å². The quantitative estimate of drug-likeness (QED) is 0.895. The summed E-state index contributed by atoms with van der Waals surface area (Å²) in [5, 5.41) is 3.88. The van der Waals surface area contributed by atoms with Crippen molar-refractivity contribution in [1.82, 2.24) is 9.97 Å². The van der Waals surface area contributed by atoms with Gasteiger partial charge >= 0.3 is 0 Å². The fourth-order valence-corrected chi connectivity index (χ4v) is 1.78. The van der Waals surface area contributed by atoms with E-state index < -0.39 is 0 Å². The second-order valence-electron chi connectivity index (χ2n) is 4.14. The molecule has 0 radical (unpaired) electrons. The molecule has 0 saturated heterocycles. The second kappa shape index (κ2) is 6.38. The summed E-state index contributed by atoms with van der Waals surface area (Å²) >= 11 is 5.93. The third-order valence-corrected chi connectivity index (χ3v) is 2.83. The maximum atomic E-state index is 5.93. The second-order valence-corrected chi connectivity index (χ2v) is 4.58. The first-order chi connectivity index (χ1) is 9.20. The Hall–Kier alpha value is -1.81. The van der Waals surface area contributed by atoms with Crippen LogP contribution >= 0.6 is 11.6 Å². The van der Waals surface area contributed by atoms with Gasteiger partial charge in [0.15, 0.2) is 0 Å². The zero-order valence-electron chi connectivity index (χ0n) is 11.0. The predicted molar refractivity (Wildman–Crippen MR) is 77.1 cm³/mol. The number of aromatic nitrogens is 2. The lowest BCUT2D eigenvalue weighted by Crippen LogP contribution is -2.05. The van der Waals surface area contributed by atoms with Crippen molar-refractivity contribution in [3.63, 3.8) is 0 Å². The molecule has 0 atom stereocenters. The molecule has 4 nitrogen and oxygen atoms in total. The SMILES string of the molecule is CCCNc1ncnc(Oc2cccc(Cl)c2)c1C. The standard InChI is InChI=1S/C14H16ClN3O/c1-3-7-16-13-10(2)14(18-9-17-13)19-12-6-4-5-11(15)8-12/h4-6,8-9H,3,7H2,1-2H3,(H,16,17,18). The molecular weight excluding hydrogens is 262 g/mol. The van der Waals surface area contributed by atoms with E-state index in [4.69, 9.17) is 16.3 Å². The fourth-order valence-electron chi connectivity index (χ4n) is 1.60. The minimum absolute atomic E-state index is 0.538. The average molecular weight is 278 g/mol. The summed E-state index contributed by atoms with van der Waals surface area (Å²) in [5.74, 6) is 2.00. The molecule has 1 heterocycles. The first kappa shape index (κ1) is 13.6. The number of nitrogens with zero attached hydrogens (tertiary/aromatic N) is 2. The van der Waals surface area contributed by atoms with E-state index in [1.54, 1.807) is 12.1 Å². The van der Waals surface area contributed by atoms with Gasteiger partial charge in [-0.25, -0.2) is 9.97 Å². The number of hydrogen-bond acceptors (Lipinski definition) is 4. The molecule has 0 saturated carbocycles. The van der Waals surface area contributed by atoms with E-state index in [0.717, 1.165) is 24.3 Å². The summed E-state index contributed by atoms with van der Waals surface area (Å²) < 4.78 is 5.74. The van der Waals surface area contributed by atoms with E-state index >= 15 is 0 Å². The molecule has 19 heavy (non-hydrogen) atoms. The minimum atomic E-state index is 0.538. The molecule has 5 heteroatoms. The zero-order chi connectivity index (χ0) is 13.7. The zero-order valence-corrected chi connectivity index (χ0v) is 11.7. The summed E-state index contributed by atoms with van der Waals surface area (Å²) in [4.78, 5) is 8.36. The third kappa shape index (κ3) is 3.58. The van der Waals surface area contributed by atoms with Crippen LogP contribution in [0.4, 0.5) is 5.82 Å². The number of benzene rings is 1. The Kier molecular flexibility index (Phi) is 4.58. The van der Waals surface area contributed by atoms with Crippen LogP contribution in [0, 0.1) is 6.92 Å². The van der Waals surface area contributed by atoms with Gasteiger partial charge in [-0.3, -0.25) is 0 Å². The van der Waals surface area contributed by atoms with Crippen molar-refractivity contribution in [3.05, 3.63) is 41.2 Å². The van der Waals surface area contributed by atoms with Crippen molar-refractivity contribution in [2.75, 3.05) is 11.9 Å². The largest absolute Gasteiger partial charge is 0.439 e. The summed E-state index contributed by atoms with van der Waals surface area (Å²) in [6.45, 7) is 4.90. The van der Waals surface area contributed by atoms with Gasteiger partial charge in [-0.05, 0) is 31.5 Å². The van der Waals surface area contributed by atoms with E-state index in [1.165, 1.54) is 6.33 Å². The molecule has 0 aliphatic rings. The van der Waals surface area contributed by atoms with E-state index in [2.05, 4.69) is 22.2 Å². The van der Waals surface area contributed by atoms with E-state index in [-0.39, 0.29) is 0 Å². The Balaban J connectivity index is 2.20. The molecule has 0 aliphatic heterocycles. The summed E-state index contributed by atoms with van der Waals surface area (Å²) in [7, 11) is 0. The minimum Gasteiger partial charge on any atom is -0.439 e. The molecule has 2 rings (SSSR count). The van der Waals surface area contributed by atoms with Crippen molar-refractivity contribution in [3.8, 4) is 11.6 Å². The van der Waals surface area contributed by atoms with Crippen LogP contribution in [0.1, 0.15) is 18.9 Å². The molecule has 2 aromatic rings. The van der Waals surface area contributed by atoms with Crippen molar-refractivity contribution in [2.45, 2.75) is 20.3 Å². The molecule has 0 amide bonds. The van der Waals surface area contributed by atoms with Crippen LogP contribution in [0.15, 0.2) is 30.6 Å². The molecule has 0 unspecified atom stereocenters. The molecule has 0 fully saturated rings. The van der Waals surface area contributed by atoms with Gasteiger partial charge in [-0.2, -0.15) is 0 Å². The fraction of sp³-hybridized carbons (Fsp3) is 0.286. The van der Waals surface area contributed by atoms with Gasteiger partial charge < -0.3 is 10.1 Å². The number of ether oxygens (including phenoxy) is 1. The lowest BCUT2D eigenvalue weighted by molar-refractivity contribution is 0.458. The third-order valence-electron chi connectivity index (χ3n) is 2.59. The average Bonchev–Trinajstić information content (AvgIpc) is 2.40. The van der Waals surface area contributed by atoms with Crippen LogP contribution in [0.3, 0.4) is 0 Å². The first-order valence-corrected chi connectivity index (χ1v) is 6.57. The molecule has 1 aromatic heterocycles. The van der Waals surface area contributed by atoms with Crippen molar-refractivity contribution in [2.24, 2.45) is 0 Å². The maximum absolute atomic E-state index is 5.93. The molecule has 0 aliphatic carbocycles. The first-order valence-electron chi connectivity index (χ1n) is 6.19. The Labute approximate surface area is 117 Å². The molecule has 100 valence electrons. The summed E-state index contributed by atoms with van der Waals surface area (Å²) in [6, 6.07) is 7.23. The monoisotopic (exact) mass is 277 g/mol. The van der Waals surface area contributed by atoms with Gasteiger partial charge in [0.1, 0.15) is 17.9 Å². The van der Waals surface area contributed by atoms with Gasteiger partial charge in [-0.1, -0.05) is 24.6 Å². The molecule has 0 spiro atoms. The summed E-state index contributed by atoms with van der Waals surface area (Å²) in [5.41, 5.74) is 0.885. The maximum Gasteiger partial charge on any atom is 0.227 e. The lowest BCUT2D eigenvalue weighted by atomic mass is 10.3. The highest BCUT2D eigenvalue weighted by Gasteiger charge is 2.08. The number of rotatable bonds is 5. The Morgan fingerprint density at radius 2 is 2.16 bits per heavy atom. The highest BCUT2D eigenvalue weighted by molar-refractivity contribution is 6.30. The summed E-state index contributed by atoms with van der Waals surface area (Å²) in [6.07, 6.45) is 2.53. The highest BCUT2D eigenvalue weighted by atomic mass is 35.5. The number of anilines is 1. The van der Waals surface area contributed by atoms with Gasteiger partial charge in [-0.15, -0.1) is 0 Å². The van der Waals surface area contributed by atoms with Crippen LogP contribution < -0.4 is 10.1 Å². The topological polar surface area (TPSA) is 47.0 Å². The number of hydrogen-bond donors (Lipinski definition) is 1. The van der Waals surface area contributed by atoms with E-state index in [9.17, 15) is 0 Å². The Morgan fingerprint density at radius 3 is 2.89 bits per heavy atom. The smallest absolute Gasteiger partial charge is 0.227 e. The molecular formula is C14H16ClN3O. The predicted octanol–water partition coefficient (Wildman–Crippen LogP) is 4.05.